The fourth-order valence-corrected chi connectivity index (χ4v) is 6.93. The van der Waals surface area contributed by atoms with Crippen molar-refractivity contribution in [2.45, 2.75) is 65.2 Å². The van der Waals surface area contributed by atoms with E-state index in [1.807, 2.05) is 0 Å². The van der Waals surface area contributed by atoms with Crippen molar-refractivity contribution in [2.75, 3.05) is 13.1 Å². The van der Waals surface area contributed by atoms with Crippen LogP contribution in [0.1, 0.15) is 65.2 Å². The summed E-state index contributed by atoms with van der Waals surface area (Å²) in [5, 5.41) is 27.9. The Balaban J connectivity index is 1.43. The molecular formula is C24H34N2O4. The van der Waals surface area contributed by atoms with Crippen LogP contribution in [0.5, 0.6) is 0 Å². The number of carbonyl (C=O) groups is 2. The van der Waals surface area contributed by atoms with Gasteiger partial charge in [0.15, 0.2) is 0 Å². The molecule has 4 aliphatic rings. The molecule has 2 saturated carbocycles. The van der Waals surface area contributed by atoms with Crippen molar-refractivity contribution in [3.05, 3.63) is 23.3 Å². The zero-order valence-electron chi connectivity index (χ0n) is 18.1. The van der Waals surface area contributed by atoms with Crippen molar-refractivity contribution in [2.24, 2.45) is 44.7 Å². The third kappa shape index (κ3) is 3.63. The molecule has 4 rings (SSSR count). The van der Waals surface area contributed by atoms with Gasteiger partial charge in [0.1, 0.15) is 0 Å². The van der Waals surface area contributed by atoms with Crippen molar-refractivity contribution in [3.8, 4) is 0 Å². The molecule has 6 atom stereocenters. The lowest BCUT2D eigenvalue weighted by atomic mass is 9.53. The summed E-state index contributed by atoms with van der Waals surface area (Å²) in [6.45, 7) is 5.18. The van der Waals surface area contributed by atoms with Gasteiger partial charge >= 0.3 is 11.9 Å². The number of aliphatic carboxylic acids is 2. The Kier molecular flexibility index (Phi) is 5.62. The van der Waals surface area contributed by atoms with Gasteiger partial charge in [-0.15, -0.1) is 0 Å². The summed E-state index contributed by atoms with van der Waals surface area (Å²) in [5.74, 6) is 0.193. The predicted molar refractivity (Wildman–Crippen MR) is 113 cm³/mol. The molecule has 0 radical (unpaired) electrons. The van der Waals surface area contributed by atoms with E-state index in [-0.39, 0.29) is 23.7 Å². The number of nitrogens with zero attached hydrogens (tertiary/aromatic N) is 2. The zero-order chi connectivity index (χ0) is 21.5. The Morgan fingerprint density at radius 1 is 0.867 bits per heavy atom. The van der Waals surface area contributed by atoms with Crippen LogP contribution in [0.15, 0.2) is 33.5 Å². The summed E-state index contributed by atoms with van der Waals surface area (Å²) in [4.78, 5) is 23.1. The van der Waals surface area contributed by atoms with Gasteiger partial charge in [-0.1, -0.05) is 37.1 Å². The second kappa shape index (κ2) is 7.93. The van der Waals surface area contributed by atoms with Gasteiger partial charge in [0, 0.05) is 10.8 Å². The Labute approximate surface area is 178 Å². The normalized spacial score (nSPS) is 39.0. The Morgan fingerprint density at radius 2 is 1.27 bits per heavy atom. The molecule has 0 aromatic rings. The quantitative estimate of drug-likeness (QED) is 0.383. The summed E-state index contributed by atoms with van der Waals surface area (Å²) < 4.78 is 0. The van der Waals surface area contributed by atoms with E-state index >= 15 is 0 Å². The SMILES string of the molecule is CCC1=CC2C(C1)CC2(CN=NCC1(CC(=O)O)CC2CC(CC)=CC21)CC(=O)O. The average molecular weight is 415 g/mol. The highest BCUT2D eigenvalue weighted by molar-refractivity contribution is 5.68. The molecular weight excluding hydrogens is 380 g/mol. The minimum absolute atomic E-state index is 0.133. The van der Waals surface area contributed by atoms with Crippen LogP contribution in [0.2, 0.25) is 0 Å². The van der Waals surface area contributed by atoms with E-state index < -0.39 is 11.9 Å². The molecule has 0 aliphatic heterocycles. The van der Waals surface area contributed by atoms with Crippen molar-refractivity contribution in [1.82, 2.24) is 0 Å². The molecule has 0 saturated heterocycles. The highest BCUT2D eigenvalue weighted by Crippen LogP contribution is 2.61. The Hall–Kier alpha value is -1.98. The van der Waals surface area contributed by atoms with E-state index in [9.17, 15) is 19.8 Å². The van der Waals surface area contributed by atoms with Gasteiger partial charge in [0.25, 0.3) is 0 Å². The van der Waals surface area contributed by atoms with E-state index in [1.54, 1.807) is 0 Å². The smallest absolute Gasteiger partial charge is 0.304 e. The van der Waals surface area contributed by atoms with Gasteiger partial charge in [-0.05, 0) is 62.2 Å². The minimum atomic E-state index is -0.769. The maximum atomic E-state index is 11.5. The van der Waals surface area contributed by atoms with Gasteiger partial charge < -0.3 is 10.2 Å². The molecule has 6 unspecified atom stereocenters. The van der Waals surface area contributed by atoms with Gasteiger partial charge in [0.05, 0.1) is 25.9 Å². The molecule has 2 N–H and O–H groups in total. The second-order valence-corrected chi connectivity index (χ2v) is 10.2. The largest absolute Gasteiger partial charge is 0.481 e. The van der Waals surface area contributed by atoms with Crippen LogP contribution in [0.3, 0.4) is 0 Å². The van der Waals surface area contributed by atoms with Crippen molar-refractivity contribution < 1.29 is 19.8 Å². The van der Waals surface area contributed by atoms with E-state index in [0.29, 0.717) is 36.8 Å². The van der Waals surface area contributed by atoms with Gasteiger partial charge in [-0.3, -0.25) is 9.59 Å². The van der Waals surface area contributed by atoms with Crippen molar-refractivity contribution in [1.29, 1.82) is 0 Å². The first-order chi connectivity index (χ1) is 14.3. The molecule has 0 spiro atoms. The fourth-order valence-electron chi connectivity index (χ4n) is 6.93. The molecule has 0 aromatic heterocycles. The second-order valence-electron chi connectivity index (χ2n) is 10.2. The van der Waals surface area contributed by atoms with Gasteiger partial charge in [-0.2, -0.15) is 10.2 Å². The number of hydrogen-bond donors (Lipinski definition) is 2. The van der Waals surface area contributed by atoms with Crippen LogP contribution >= 0.6 is 0 Å². The Bertz CT molecular complexity index is 750. The van der Waals surface area contributed by atoms with Crippen LogP contribution in [0.25, 0.3) is 0 Å². The monoisotopic (exact) mass is 414 g/mol. The number of azo groups is 1. The van der Waals surface area contributed by atoms with Crippen molar-refractivity contribution in [3.63, 3.8) is 0 Å². The topological polar surface area (TPSA) is 99.3 Å². The number of fused-ring (bicyclic) bond motifs is 2. The first-order valence-electron chi connectivity index (χ1n) is 11.5. The third-order valence-electron chi connectivity index (χ3n) is 8.43. The number of carboxylic acids is 2. The predicted octanol–water partition coefficient (Wildman–Crippen LogP) is 5.11. The van der Waals surface area contributed by atoms with E-state index in [0.717, 1.165) is 38.5 Å². The molecule has 0 amide bonds. The molecule has 0 aromatic carbocycles. The summed E-state index contributed by atoms with van der Waals surface area (Å²) in [6, 6.07) is 0. The Morgan fingerprint density at radius 3 is 1.60 bits per heavy atom. The molecule has 6 heteroatoms. The molecule has 6 nitrogen and oxygen atoms in total. The summed E-state index contributed by atoms with van der Waals surface area (Å²) >= 11 is 0. The van der Waals surface area contributed by atoms with Gasteiger partial charge in [-0.25, -0.2) is 0 Å². The number of carboxylic acid groups (broad SMARTS) is 2. The van der Waals surface area contributed by atoms with Crippen LogP contribution in [-0.4, -0.2) is 35.2 Å². The summed E-state index contributed by atoms with van der Waals surface area (Å²) in [6.07, 6.45) is 10.9. The lowest BCUT2D eigenvalue weighted by Crippen LogP contribution is -2.49. The van der Waals surface area contributed by atoms with E-state index in [1.165, 1.54) is 11.1 Å². The number of allylic oxidation sites excluding steroid dienone is 4. The number of rotatable bonds is 10. The molecule has 0 heterocycles. The third-order valence-corrected chi connectivity index (χ3v) is 8.43. The van der Waals surface area contributed by atoms with Crippen LogP contribution in [0, 0.1) is 34.5 Å². The molecule has 30 heavy (non-hydrogen) atoms. The molecule has 4 aliphatic carbocycles. The van der Waals surface area contributed by atoms with Crippen LogP contribution in [-0.2, 0) is 9.59 Å². The first-order valence-corrected chi connectivity index (χ1v) is 11.5. The lowest BCUT2D eigenvalue weighted by Gasteiger charge is -2.51. The maximum absolute atomic E-state index is 11.5. The molecule has 0 bridgehead atoms. The number of hydrogen-bond acceptors (Lipinski definition) is 4. The average Bonchev–Trinajstić information content (AvgIpc) is 3.20. The van der Waals surface area contributed by atoms with E-state index in [4.69, 9.17) is 0 Å². The van der Waals surface area contributed by atoms with Crippen molar-refractivity contribution >= 4 is 11.9 Å². The first kappa shape index (κ1) is 21.3. The zero-order valence-corrected chi connectivity index (χ0v) is 18.1. The van der Waals surface area contributed by atoms with Crippen LogP contribution < -0.4 is 0 Å². The molecule has 164 valence electrons. The highest BCUT2D eigenvalue weighted by atomic mass is 16.4. The lowest BCUT2D eigenvalue weighted by molar-refractivity contribution is -0.145. The minimum Gasteiger partial charge on any atom is -0.481 e. The van der Waals surface area contributed by atoms with E-state index in [2.05, 4.69) is 36.2 Å². The standard InChI is InChI=1S/C24H34N2O4/c1-3-15-5-17-9-23(11-21(27)28,19(17)7-15)13-25-26-14-24(12-22(29)30)10-18-6-16(4-2)8-20(18)24/h7-8,17-20H,3-6,9-14H2,1-2H3,(H,27,28)(H,29,30). The fraction of sp³-hybridized carbons (Fsp3) is 0.750. The summed E-state index contributed by atoms with van der Waals surface area (Å²) in [7, 11) is 0. The maximum Gasteiger partial charge on any atom is 0.304 e. The van der Waals surface area contributed by atoms with Crippen LogP contribution in [0.4, 0.5) is 0 Å². The molecule has 2 fully saturated rings. The highest BCUT2D eigenvalue weighted by Gasteiger charge is 2.57. The van der Waals surface area contributed by atoms with Gasteiger partial charge in [0.2, 0.25) is 0 Å². The summed E-state index contributed by atoms with van der Waals surface area (Å²) in [5.41, 5.74) is 2.24.